The number of hydrogen-bond donors (Lipinski definition) is 1. The zero-order valence-corrected chi connectivity index (χ0v) is 10.6. The molecule has 0 bridgehead atoms. The van der Waals surface area contributed by atoms with E-state index < -0.39 is 5.60 Å². The summed E-state index contributed by atoms with van der Waals surface area (Å²) in [5, 5.41) is 15.2. The number of halogens is 1. The number of rotatable bonds is 3. The van der Waals surface area contributed by atoms with Crippen LogP contribution >= 0.6 is 11.6 Å². The van der Waals surface area contributed by atoms with Gasteiger partial charge in [-0.15, -0.1) is 0 Å². The molecule has 2 rings (SSSR count). The highest BCUT2D eigenvalue weighted by Crippen LogP contribution is 2.30. The molecule has 90 valence electrons. The van der Waals surface area contributed by atoms with Gasteiger partial charge in [-0.3, -0.25) is 4.68 Å². The van der Waals surface area contributed by atoms with Crippen molar-refractivity contribution in [1.82, 2.24) is 9.78 Å². The summed E-state index contributed by atoms with van der Waals surface area (Å²) in [6.45, 7) is 1.77. The predicted octanol–water partition coefficient (Wildman–Crippen LogP) is 2.52. The summed E-state index contributed by atoms with van der Waals surface area (Å²) in [6, 6.07) is 7.36. The van der Waals surface area contributed by atoms with E-state index in [4.69, 9.17) is 11.6 Å². The van der Waals surface area contributed by atoms with Crippen LogP contribution in [0.4, 0.5) is 0 Å². The van der Waals surface area contributed by atoms with E-state index in [0.717, 1.165) is 11.1 Å². The van der Waals surface area contributed by atoms with Gasteiger partial charge in [0.15, 0.2) is 0 Å². The molecule has 0 fully saturated rings. The zero-order chi connectivity index (χ0) is 12.5. The predicted molar refractivity (Wildman–Crippen MR) is 67.9 cm³/mol. The standard InChI is InChI=1S/C13H15ClN2O/c1-13(17,7-10-8-15-16(2)9-10)11-5-3-4-6-12(11)14/h3-6,8-9,17H,7H2,1-2H3. The number of aryl methyl sites for hydroxylation is 1. The lowest BCUT2D eigenvalue weighted by atomic mass is 9.90. The van der Waals surface area contributed by atoms with E-state index in [1.807, 2.05) is 31.4 Å². The van der Waals surface area contributed by atoms with Gasteiger partial charge in [0.1, 0.15) is 0 Å². The summed E-state index contributed by atoms with van der Waals surface area (Å²) < 4.78 is 1.72. The Morgan fingerprint density at radius 1 is 1.41 bits per heavy atom. The minimum absolute atomic E-state index is 0.491. The molecule has 0 amide bonds. The van der Waals surface area contributed by atoms with E-state index >= 15 is 0 Å². The second-order valence-electron chi connectivity index (χ2n) is 4.45. The first-order valence-corrected chi connectivity index (χ1v) is 5.82. The molecule has 0 aliphatic carbocycles. The van der Waals surface area contributed by atoms with Gasteiger partial charge in [-0.2, -0.15) is 5.10 Å². The Bertz CT molecular complexity index is 520. The van der Waals surface area contributed by atoms with E-state index in [1.54, 1.807) is 23.9 Å². The van der Waals surface area contributed by atoms with Crippen LogP contribution in [0.5, 0.6) is 0 Å². The van der Waals surface area contributed by atoms with E-state index in [1.165, 1.54) is 0 Å². The molecule has 1 unspecified atom stereocenters. The van der Waals surface area contributed by atoms with Crippen LogP contribution in [-0.2, 0) is 19.1 Å². The fraction of sp³-hybridized carbons (Fsp3) is 0.308. The average molecular weight is 251 g/mol. The highest BCUT2D eigenvalue weighted by molar-refractivity contribution is 6.31. The van der Waals surface area contributed by atoms with Crippen molar-refractivity contribution in [2.45, 2.75) is 18.9 Å². The van der Waals surface area contributed by atoms with Gasteiger partial charge in [-0.05, 0) is 18.6 Å². The van der Waals surface area contributed by atoms with Gasteiger partial charge >= 0.3 is 0 Å². The summed E-state index contributed by atoms with van der Waals surface area (Å²) in [6.07, 6.45) is 4.14. The molecule has 1 aromatic heterocycles. The van der Waals surface area contributed by atoms with Gasteiger partial charge in [0.2, 0.25) is 0 Å². The van der Waals surface area contributed by atoms with Crippen LogP contribution in [0.1, 0.15) is 18.1 Å². The molecule has 0 spiro atoms. The molecular weight excluding hydrogens is 236 g/mol. The van der Waals surface area contributed by atoms with Crippen LogP contribution in [0, 0.1) is 0 Å². The van der Waals surface area contributed by atoms with Crippen molar-refractivity contribution in [1.29, 1.82) is 0 Å². The van der Waals surface area contributed by atoms with E-state index in [2.05, 4.69) is 5.10 Å². The highest BCUT2D eigenvalue weighted by atomic mass is 35.5. The van der Waals surface area contributed by atoms with Crippen LogP contribution < -0.4 is 0 Å². The third-order valence-corrected chi connectivity index (χ3v) is 3.09. The summed E-state index contributed by atoms with van der Waals surface area (Å²) in [7, 11) is 1.85. The Hall–Kier alpha value is -1.32. The fourth-order valence-electron chi connectivity index (χ4n) is 1.95. The van der Waals surface area contributed by atoms with Crippen LogP contribution in [0.3, 0.4) is 0 Å². The number of aliphatic hydroxyl groups is 1. The molecule has 1 N–H and O–H groups in total. The Labute approximate surface area is 106 Å². The van der Waals surface area contributed by atoms with Gasteiger partial charge in [0.25, 0.3) is 0 Å². The highest BCUT2D eigenvalue weighted by Gasteiger charge is 2.26. The van der Waals surface area contributed by atoms with Gasteiger partial charge in [-0.1, -0.05) is 29.8 Å². The number of benzene rings is 1. The van der Waals surface area contributed by atoms with Crippen molar-refractivity contribution >= 4 is 11.6 Å². The van der Waals surface area contributed by atoms with E-state index in [-0.39, 0.29) is 0 Å². The molecular formula is C13H15ClN2O. The molecule has 0 saturated heterocycles. The Balaban J connectivity index is 2.27. The van der Waals surface area contributed by atoms with E-state index in [9.17, 15) is 5.11 Å². The first-order valence-electron chi connectivity index (χ1n) is 5.44. The van der Waals surface area contributed by atoms with Crippen molar-refractivity contribution in [2.75, 3.05) is 0 Å². The van der Waals surface area contributed by atoms with Crippen LogP contribution in [0.25, 0.3) is 0 Å². The lowest BCUT2D eigenvalue weighted by Crippen LogP contribution is -2.24. The maximum Gasteiger partial charge on any atom is 0.0924 e. The fourth-order valence-corrected chi connectivity index (χ4v) is 2.29. The topological polar surface area (TPSA) is 38.0 Å². The third-order valence-electron chi connectivity index (χ3n) is 2.76. The lowest BCUT2D eigenvalue weighted by Gasteiger charge is -2.24. The number of hydrogen-bond acceptors (Lipinski definition) is 2. The Morgan fingerprint density at radius 2 is 2.12 bits per heavy atom. The van der Waals surface area contributed by atoms with Crippen molar-refractivity contribution in [3.63, 3.8) is 0 Å². The molecule has 2 aromatic rings. The van der Waals surface area contributed by atoms with Crippen molar-refractivity contribution in [3.05, 3.63) is 52.8 Å². The van der Waals surface area contributed by atoms with Gasteiger partial charge in [-0.25, -0.2) is 0 Å². The molecule has 1 aromatic carbocycles. The molecule has 3 nitrogen and oxygen atoms in total. The molecule has 4 heteroatoms. The second-order valence-corrected chi connectivity index (χ2v) is 4.86. The second kappa shape index (κ2) is 4.51. The average Bonchev–Trinajstić information content (AvgIpc) is 2.63. The molecule has 17 heavy (non-hydrogen) atoms. The summed E-state index contributed by atoms with van der Waals surface area (Å²) >= 11 is 6.10. The van der Waals surface area contributed by atoms with Gasteiger partial charge in [0, 0.05) is 30.3 Å². The quantitative estimate of drug-likeness (QED) is 0.909. The molecule has 0 aliphatic heterocycles. The normalized spacial score (nSPS) is 14.6. The Kier molecular flexibility index (Phi) is 3.22. The van der Waals surface area contributed by atoms with Gasteiger partial charge in [0.05, 0.1) is 11.8 Å². The summed E-state index contributed by atoms with van der Waals surface area (Å²) in [4.78, 5) is 0. The maximum atomic E-state index is 10.5. The molecule has 1 atom stereocenters. The number of nitrogens with zero attached hydrogens (tertiary/aromatic N) is 2. The monoisotopic (exact) mass is 250 g/mol. The smallest absolute Gasteiger partial charge is 0.0924 e. The van der Waals surface area contributed by atoms with Crippen molar-refractivity contribution in [2.24, 2.45) is 7.05 Å². The number of aromatic nitrogens is 2. The molecule has 0 radical (unpaired) electrons. The van der Waals surface area contributed by atoms with Crippen molar-refractivity contribution < 1.29 is 5.11 Å². The molecule has 1 heterocycles. The lowest BCUT2D eigenvalue weighted by molar-refractivity contribution is 0.0577. The largest absolute Gasteiger partial charge is 0.385 e. The first-order chi connectivity index (χ1) is 7.99. The third kappa shape index (κ3) is 2.68. The van der Waals surface area contributed by atoms with E-state index in [0.29, 0.717) is 11.4 Å². The van der Waals surface area contributed by atoms with Crippen molar-refractivity contribution in [3.8, 4) is 0 Å². The van der Waals surface area contributed by atoms with Crippen LogP contribution in [-0.4, -0.2) is 14.9 Å². The minimum Gasteiger partial charge on any atom is -0.385 e. The summed E-state index contributed by atoms with van der Waals surface area (Å²) in [5.41, 5.74) is 0.740. The summed E-state index contributed by atoms with van der Waals surface area (Å²) in [5.74, 6) is 0. The zero-order valence-electron chi connectivity index (χ0n) is 9.89. The van der Waals surface area contributed by atoms with Crippen LogP contribution in [0.2, 0.25) is 5.02 Å². The SMILES string of the molecule is Cn1cc(CC(C)(O)c2ccccc2Cl)cn1. The Morgan fingerprint density at radius 3 is 2.71 bits per heavy atom. The first kappa shape index (κ1) is 12.1. The molecule has 0 saturated carbocycles. The van der Waals surface area contributed by atoms with Crippen LogP contribution in [0.15, 0.2) is 36.7 Å². The minimum atomic E-state index is -0.985. The maximum absolute atomic E-state index is 10.5. The molecule has 0 aliphatic rings. The van der Waals surface area contributed by atoms with Gasteiger partial charge < -0.3 is 5.11 Å².